The zero-order chi connectivity index (χ0) is 19.4. The maximum Gasteiger partial charge on any atom is 0.336 e. The van der Waals surface area contributed by atoms with Gasteiger partial charge in [0.25, 0.3) is 0 Å². The number of hydrogen-bond acceptors (Lipinski definition) is 5. The van der Waals surface area contributed by atoms with Crippen LogP contribution in [-0.4, -0.2) is 11.8 Å². The second-order valence-corrected chi connectivity index (χ2v) is 6.55. The van der Waals surface area contributed by atoms with E-state index in [1.165, 1.54) is 6.07 Å². The molecule has 138 valence electrons. The summed E-state index contributed by atoms with van der Waals surface area (Å²) in [6.07, 6.45) is 0.0263. The van der Waals surface area contributed by atoms with Crippen LogP contribution in [0.4, 0.5) is 0 Å². The second kappa shape index (κ2) is 8.18. The number of fused-ring (bicyclic) bond motifs is 1. The molecule has 0 N–H and O–H groups in total. The molecule has 0 amide bonds. The number of ketones is 1. The standard InChI is InChI=1S/C21H17ClO5/c1-13-9-19-16(11-17(13)22)15(10-21(25)27-19)12-26-20(24)8-7-18(23)14-5-3-2-4-6-14/h2-6,9-11H,7-8,12H2,1H3. The predicted molar refractivity (Wildman–Crippen MR) is 102 cm³/mol. The smallest absolute Gasteiger partial charge is 0.336 e. The van der Waals surface area contributed by atoms with Crippen LogP contribution < -0.4 is 5.63 Å². The molecule has 1 heterocycles. The topological polar surface area (TPSA) is 73.6 Å². The molecule has 0 aliphatic rings. The average molecular weight is 385 g/mol. The van der Waals surface area contributed by atoms with Gasteiger partial charge in [-0.05, 0) is 24.6 Å². The molecule has 6 heteroatoms. The number of hydrogen-bond donors (Lipinski definition) is 0. The van der Waals surface area contributed by atoms with E-state index in [2.05, 4.69) is 0 Å². The van der Waals surface area contributed by atoms with Crippen LogP contribution in [0.2, 0.25) is 5.02 Å². The van der Waals surface area contributed by atoms with Crippen molar-refractivity contribution >= 4 is 34.3 Å². The highest BCUT2D eigenvalue weighted by atomic mass is 35.5. The van der Waals surface area contributed by atoms with E-state index in [1.807, 2.05) is 6.07 Å². The SMILES string of the molecule is Cc1cc2oc(=O)cc(COC(=O)CCC(=O)c3ccccc3)c2cc1Cl. The largest absolute Gasteiger partial charge is 0.461 e. The molecule has 0 fully saturated rings. The van der Waals surface area contributed by atoms with Crippen LogP contribution in [0.5, 0.6) is 0 Å². The minimum atomic E-state index is -0.533. The number of rotatable bonds is 6. The van der Waals surface area contributed by atoms with Crippen molar-refractivity contribution in [3.05, 3.63) is 80.7 Å². The number of ether oxygens (including phenoxy) is 1. The van der Waals surface area contributed by atoms with Crippen LogP contribution in [0.15, 0.2) is 57.7 Å². The predicted octanol–water partition coefficient (Wildman–Crippen LogP) is 4.46. The maximum absolute atomic E-state index is 12.0. The Kier molecular flexibility index (Phi) is 5.72. The van der Waals surface area contributed by atoms with Crippen molar-refractivity contribution < 1.29 is 18.7 Å². The van der Waals surface area contributed by atoms with E-state index in [0.717, 1.165) is 5.56 Å². The molecule has 27 heavy (non-hydrogen) atoms. The van der Waals surface area contributed by atoms with Gasteiger partial charge < -0.3 is 9.15 Å². The fourth-order valence-corrected chi connectivity index (χ4v) is 2.85. The lowest BCUT2D eigenvalue weighted by atomic mass is 10.1. The molecular formula is C21H17ClO5. The minimum Gasteiger partial charge on any atom is -0.461 e. The first kappa shape index (κ1) is 18.9. The molecule has 0 bridgehead atoms. The number of halogens is 1. The van der Waals surface area contributed by atoms with E-state index < -0.39 is 11.6 Å². The number of benzene rings is 2. The Morgan fingerprint density at radius 2 is 1.81 bits per heavy atom. The summed E-state index contributed by atoms with van der Waals surface area (Å²) in [5.74, 6) is -0.639. The Morgan fingerprint density at radius 3 is 2.56 bits per heavy atom. The zero-order valence-electron chi connectivity index (χ0n) is 14.7. The number of carbonyl (C=O) groups excluding carboxylic acids is 2. The molecule has 0 unspecified atom stereocenters. The molecule has 0 aliphatic heterocycles. The molecule has 5 nitrogen and oxygen atoms in total. The lowest BCUT2D eigenvalue weighted by molar-refractivity contribution is -0.144. The van der Waals surface area contributed by atoms with Gasteiger partial charge in [0.15, 0.2) is 5.78 Å². The first-order valence-corrected chi connectivity index (χ1v) is 8.78. The molecule has 0 radical (unpaired) electrons. The van der Waals surface area contributed by atoms with Crippen molar-refractivity contribution in [2.24, 2.45) is 0 Å². The first-order valence-electron chi connectivity index (χ1n) is 8.41. The summed E-state index contributed by atoms with van der Waals surface area (Å²) in [6, 6.07) is 13.4. The molecule has 0 atom stereocenters. The number of carbonyl (C=O) groups is 2. The molecule has 0 aliphatic carbocycles. The van der Waals surface area contributed by atoms with Gasteiger partial charge in [0.05, 0.1) is 6.42 Å². The number of esters is 1. The van der Waals surface area contributed by atoms with Crippen LogP contribution in [-0.2, 0) is 16.1 Å². The fraction of sp³-hybridized carbons (Fsp3) is 0.190. The first-order chi connectivity index (χ1) is 12.9. The van der Waals surface area contributed by atoms with Crippen LogP contribution in [0.1, 0.15) is 34.3 Å². The van der Waals surface area contributed by atoms with Crippen LogP contribution in [0.3, 0.4) is 0 Å². The third-order valence-electron chi connectivity index (χ3n) is 4.15. The fourth-order valence-electron chi connectivity index (χ4n) is 2.68. The lowest BCUT2D eigenvalue weighted by Crippen LogP contribution is -2.10. The summed E-state index contributed by atoms with van der Waals surface area (Å²) in [5.41, 5.74) is 1.69. The molecule has 3 rings (SSSR count). The lowest BCUT2D eigenvalue weighted by Gasteiger charge is -2.08. The van der Waals surface area contributed by atoms with Gasteiger partial charge in [-0.2, -0.15) is 0 Å². The van der Waals surface area contributed by atoms with Crippen molar-refractivity contribution in [1.29, 1.82) is 0 Å². The monoisotopic (exact) mass is 384 g/mol. The van der Waals surface area contributed by atoms with Crippen molar-refractivity contribution in [2.45, 2.75) is 26.4 Å². The Hall–Kier alpha value is -2.92. The number of aryl methyl sites for hydroxylation is 1. The Bertz CT molecular complexity index is 1050. The Morgan fingerprint density at radius 1 is 1.07 bits per heavy atom. The highest BCUT2D eigenvalue weighted by molar-refractivity contribution is 6.32. The van der Waals surface area contributed by atoms with E-state index in [4.69, 9.17) is 20.8 Å². The van der Waals surface area contributed by atoms with Gasteiger partial charge in [-0.25, -0.2) is 4.79 Å². The van der Waals surface area contributed by atoms with Gasteiger partial charge in [0.1, 0.15) is 12.2 Å². The third kappa shape index (κ3) is 4.63. The third-order valence-corrected chi connectivity index (χ3v) is 4.56. The van der Waals surface area contributed by atoms with Crippen LogP contribution in [0.25, 0.3) is 11.0 Å². The molecule has 0 saturated carbocycles. The molecule has 2 aromatic carbocycles. The summed E-state index contributed by atoms with van der Waals surface area (Å²) in [7, 11) is 0. The van der Waals surface area contributed by atoms with E-state index in [-0.39, 0.29) is 25.2 Å². The summed E-state index contributed by atoms with van der Waals surface area (Å²) in [4.78, 5) is 35.8. The van der Waals surface area contributed by atoms with E-state index in [1.54, 1.807) is 43.3 Å². The van der Waals surface area contributed by atoms with Gasteiger partial charge >= 0.3 is 11.6 Å². The van der Waals surface area contributed by atoms with Gasteiger partial charge in [-0.15, -0.1) is 0 Å². The summed E-state index contributed by atoms with van der Waals surface area (Å²) >= 11 is 6.14. The zero-order valence-corrected chi connectivity index (χ0v) is 15.4. The quantitative estimate of drug-likeness (QED) is 0.356. The highest BCUT2D eigenvalue weighted by Gasteiger charge is 2.13. The van der Waals surface area contributed by atoms with Gasteiger partial charge in [0.2, 0.25) is 0 Å². The maximum atomic E-state index is 12.0. The summed E-state index contributed by atoms with van der Waals surface area (Å²) in [6.45, 7) is 1.71. The van der Waals surface area contributed by atoms with E-state index in [0.29, 0.717) is 27.1 Å². The van der Waals surface area contributed by atoms with Crippen molar-refractivity contribution in [1.82, 2.24) is 0 Å². The summed E-state index contributed by atoms with van der Waals surface area (Å²) in [5, 5.41) is 1.13. The normalized spacial score (nSPS) is 10.7. The summed E-state index contributed by atoms with van der Waals surface area (Å²) < 4.78 is 10.4. The molecule has 0 saturated heterocycles. The molecular weight excluding hydrogens is 368 g/mol. The van der Waals surface area contributed by atoms with E-state index in [9.17, 15) is 14.4 Å². The number of Topliss-reactive ketones (excluding diaryl/α,β-unsaturated/α-hetero) is 1. The van der Waals surface area contributed by atoms with Gasteiger partial charge in [0, 0.05) is 34.0 Å². The van der Waals surface area contributed by atoms with Crippen molar-refractivity contribution in [3.8, 4) is 0 Å². The molecule has 1 aromatic heterocycles. The minimum absolute atomic E-state index is 0.0348. The second-order valence-electron chi connectivity index (χ2n) is 6.14. The Balaban J connectivity index is 1.66. The van der Waals surface area contributed by atoms with Crippen molar-refractivity contribution in [2.75, 3.05) is 0 Å². The highest BCUT2D eigenvalue weighted by Crippen LogP contribution is 2.25. The van der Waals surface area contributed by atoms with Crippen molar-refractivity contribution in [3.63, 3.8) is 0 Å². The van der Waals surface area contributed by atoms with Gasteiger partial charge in [-0.3, -0.25) is 9.59 Å². The van der Waals surface area contributed by atoms with Crippen LogP contribution in [0, 0.1) is 6.92 Å². The van der Waals surface area contributed by atoms with Gasteiger partial charge in [-0.1, -0.05) is 41.9 Å². The average Bonchev–Trinajstić information content (AvgIpc) is 2.66. The molecule has 3 aromatic rings. The van der Waals surface area contributed by atoms with Crippen LogP contribution >= 0.6 is 11.6 Å². The Labute approximate surface area is 160 Å². The molecule has 0 spiro atoms. The van der Waals surface area contributed by atoms with E-state index >= 15 is 0 Å².